The summed E-state index contributed by atoms with van der Waals surface area (Å²) in [6.07, 6.45) is 3.14. The number of hydrogen-bond donors (Lipinski definition) is 0. The molecule has 7 nitrogen and oxygen atoms in total. The lowest BCUT2D eigenvalue weighted by atomic mass is 10.1. The van der Waals surface area contributed by atoms with Gasteiger partial charge in [-0.3, -0.25) is 19.1 Å². The van der Waals surface area contributed by atoms with Gasteiger partial charge in [0.2, 0.25) is 5.91 Å². The lowest BCUT2D eigenvalue weighted by Gasteiger charge is -2.20. The Kier molecular flexibility index (Phi) is 5.79. The lowest BCUT2D eigenvalue weighted by molar-refractivity contribution is -0.131. The van der Waals surface area contributed by atoms with Gasteiger partial charge in [0.15, 0.2) is 0 Å². The van der Waals surface area contributed by atoms with Gasteiger partial charge in [0.05, 0.1) is 36.6 Å². The van der Waals surface area contributed by atoms with Crippen LogP contribution in [-0.2, 0) is 17.9 Å². The number of carbonyl (C=O) groups excluding carboxylic acids is 1. The van der Waals surface area contributed by atoms with Crippen LogP contribution in [-0.4, -0.2) is 39.5 Å². The van der Waals surface area contributed by atoms with Gasteiger partial charge in [0, 0.05) is 28.8 Å². The molecule has 2 aromatic heterocycles. The number of pyridine rings is 1. The Bertz CT molecular complexity index is 1110. The van der Waals surface area contributed by atoms with Gasteiger partial charge in [-0.25, -0.2) is 4.98 Å². The molecule has 2 heterocycles. The molecule has 0 saturated carbocycles. The maximum Gasteiger partial charge on any atom is 0.261 e. The first-order valence-electron chi connectivity index (χ1n) is 8.69. The van der Waals surface area contributed by atoms with E-state index >= 15 is 0 Å². The summed E-state index contributed by atoms with van der Waals surface area (Å²) in [6, 6.07) is 5.29. The quantitative estimate of drug-likeness (QED) is 0.604. The number of aromatic nitrogens is 3. The summed E-state index contributed by atoms with van der Waals surface area (Å²) in [5, 5.41) is 0.466. The molecule has 3 rings (SSSR count). The number of methoxy groups -OCH3 is 1. The molecule has 0 unspecified atom stereocenters. The number of carbonyl (C=O) groups is 1. The molecule has 0 bridgehead atoms. The minimum atomic E-state index is -0.251. The maximum atomic E-state index is 12.7. The highest BCUT2D eigenvalue weighted by Gasteiger charge is 2.16. The fraction of sp³-hybridized carbons (Fsp3) is 0.300. The molecule has 0 atom stereocenters. The zero-order chi connectivity index (χ0) is 20.4. The Hall–Kier alpha value is -2.74. The molecule has 0 N–H and O–H groups in total. The molecule has 1 amide bonds. The van der Waals surface area contributed by atoms with E-state index in [-0.39, 0.29) is 18.0 Å². The molecule has 1 aromatic carbocycles. The van der Waals surface area contributed by atoms with E-state index in [0.717, 1.165) is 27.0 Å². The van der Waals surface area contributed by atoms with Gasteiger partial charge in [-0.2, -0.15) is 0 Å². The van der Waals surface area contributed by atoms with Crippen LogP contribution in [0.4, 0.5) is 0 Å². The van der Waals surface area contributed by atoms with Crippen molar-refractivity contribution in [2.24, 2.45) is 0 Å². The van der Waals surface area contributed by atoms with Crippen molar-refractivity contribution in [2.75, 3.05) is 14.2 Å². The summed E-state index contributed by atoms with van der Waals surface area (Å²) in [7, 11) is 3.30. The monoisotopic (exact) mass is 444 g/mol. The first kappa shape index (κ1) is 20.0. The van der Waals surface area contributed by atoms with Crippen molar-refractivity contribution >= 4 is 32.7 Å². The van der Waals surface area contributed by atoms with Gasteiger partial charge in [0.25, 0.3) is 5.56 Å². The first-order chi connectivity index (χ1) is 13.3. The maximum absolute atomic E-state index is 12.7. The van der Waals surface area contributed by atoms with E-state index in [1.807, 2.05) is 19.9 Å². The molecule has 0 aliphatic heterocycles. The zero-order valence-corrected chi connectivity index (χ0v) is 17.8. The van der Waals surface area contributed by atoms with Crippen molar-refractivity contribution in [3.8, 4) is 5.75 Å². The van der Waals surface area contributed by atoms with Crippen LogP contribution in [0.15, 0.2) is 40.0 Å². The van der Waals surface area contributed by atoms with Gasteiger partial charge < -0.3 is 9.64 Å². The first-order valence-corrected chi connectivity index (χ1v) is 9.49. The second kappa shape index (κ2) is 8.10. The molecule has 8 heteroatoms. The van der Waals surface area contributed by atoms with Crippen LogP contribution < -0.4 is 10.3 Å². The Morgan fingerprint density at radius 1 is 1.29 bits per heavy atom. The van der Waals surface area contributed by atoms with Crippen LogP contribution >= 0.6 is 15.9 Å². The number of fused-ring (bicyclic) bond motifs is 1. The van der Waals surface area contributed by atoms with E-state index in [2.05, 4.69) is 25.9 Å². The summed E-state index contributed by atoms with van der Waals surface area (Å²) >= 11 is 3.36. The topological polar surface area (TPSA) is 77.3 Å². The molecule has 28 heavy (non-hydrogen) atoms. The number of halogens is 1. The number of benzene rings is 1. The smallest absolute Gasteiger partial charge is 0.261 e. The predicted molar refractivity (Wildman–Crippen MR) is 110 cm³/mol. The highest BCUT2D eigenvalue weighted by molar-refractivity contribution is 9.10. The average Bonchev–Trinajstić information content (AvgIpc) is 2.67. The van der Waals surface area contributed by atoms with Crippen molar-refractivity contribution in [3.05, 3.63) is 62.4 Å². The van der Waals surface area contributed by atoms with Crippen molar-refractivity contribution < 1.29 is 9.53 Å². The van der Waals surface area contributed by atoms with E-state index in [4.69, 9.17) is 4.74 Å². The van der Waals surface area contributed by atoms with Crippen LogP contribution in [0.25, 0.3) is 10.9 Å². The Labute approximate surface area is 171 Å². The molecular weight excluding hydrogens is 424 g/mol. The molecule has 0 aliphatic rings. The number of nitrogens with zero attached hydrogens (tertiary/aromatic N) is 4. The SMILES string of the molecule is COc1c(C)cnc(CN(C)C(=O)Cn2cnc3ccc(Br)cc3c2=O)c1C. The zero-order valence-electron chi connectivity index (χ0n) is 16.2. The van der Waals surface area contributed by atoms with Crippen LogP contribution in [0.2, 0.25) is 0 Å². The molecular formula is C20H21BrN4O3. The van der Waals surface area contributed by atoms with Crippen LogP contribution in [0.5, 0.6) is 5.75 Å². The Morgan fingerprint density at radius 2 is 2.04 bits per heavy atom. The molecule has 0 radical (unpaired) electrons. The minimum absolute atomic E-state index is 0.0904. The fourth-order valence-corrected chi connectivity index (χ4v) is 3.41. The number of hydrogen-bond acceptors (Lipinski definition) is 5. The second-order valence-electron chi connectivity index (χ2n) is 6.64. The highest BCUT2D eigenvalue weighted by atomic mass is 79.9. The van der Waals surface area contributed by atoms with Crippen molar-refractivity contribution in [3.63, 3.8) is 0 Å². The van der Waals surface area contributed by atoms with Crippen molar-refractivity contribution in [2.45, 2.75) is 26.9 Å². The minimum Gasteiger partial charge on any atom is -0.496 e. The van der Waals surface area contributed by atoms with Gasteiger partial charge >= 0.3 is 0 Å². The summed E-state index contributed by atoms with van der Waals surface area (Å²) in [5.74, 6) is 0.561. The molecule has 0 aliphatic carbocycles. The van der Waals surface area contributed by atoms with E-state index < -0.39 is 0 Å². The number of aryl methyl sites for hydroxylation is 1. The molecule has 146 valence electrons. The molecule has 0 fully saturated rings. The van der Waals surface area contributed by atoms with E-state index in [9.17, 15) is 9.59 Å². The third-order valence-corrected chi connectivity index (χ3v) is 5.15. The van der Waals surface area contributed by atoms with Crippen molar-refractivity contribution in [1.82, 2.24) is 19.4 Å². The third-order valence-electron chi connectivity index (χ3n) is 4.65. The number of ether oxygens (including phenoxy) is 1. The van der Waals surface area contributed by atoms with Crippen molar-refractivity contribution in [1.29, 1.82) is 0 Å². The lowest BCUT2D eigenvalue weighted by Crippen LogP contribution is -2.34. The standard InChI is InChI=1S/C20H21BrN4O3/c1-12-8-22-17(13(2)19(12)28-4)9-24(3)18(26)10-25-11-23-16-6-5-14(21)7-15(16)20(25)27/h5-8,11H,9-10H2,1-4H3. The normalized spacial score (nSPS) is 10.9. The van der Waals surface area contributed by atoms with Gasteiger partial charge in [-0.05, 0) is 32.0 Å². The summed E-state index contributed by atoms with van der Waals surface area (Å²) in [5.41, 5.74) is 2.94. The Balaban J connectivity index is 1.81. The van der Waals surface area contributed by atoms with Gasteiger partial charge in [-0.1, -0.05) is 15.9 Å². The highest BCUT2D eigenvalue weighted by Crippen LogP contribution is 2.24. The number of amides is 1. The third kappa shape index (κ3) is 3.91. The van der Waals surface area contributed by atoms with E-state index in [0.29, 0.717) is 17.4 Å². The van der Waals surface area contributed by atoms with Gasteiger partial charge in [0.1, 0.15) is 12.3 Å². The number of rotatable bonds is 5. The van der Waals surface area contributed by atoms with E-state index in [1.165, 1.54) is 10.9 Å². The summed E-state index contributed by atoms with van der Waals surface area (Å²) < 4.78 is 7.53. The van der Waals surface area contributed by atoms with Crippen LogP contribution in [0.3, 0.4) is 0 Å². The molecule has 3 aromatic rings. The van der Waals surface area contributed by atoms with E-state index in [1.54, 1.807) is 37.4 Å². The van der Waals surface area contributed by atoms with Crippen LogP contribution in [0, 0.1) is 13.8 Å². The van der Waals surface area contributed by atoms with Crippen LogP contribution in [0.1, 0.15) is 16.8 Å². The van der Waals surface area contributed by atoms with Gasteiger partial charge in [-0.15, -0.1) is 0 Å². The summed E-state index contributed by atoms with van der Waals surface area (Å²) in [6.45, 7) is 4.08. The Morgan fingerprint density at radius 3 is 2.75 bits per heavy atom. The largest absolute Gasteiger partial charge is 0.496 e. The predicted octanol–water partition coefficient (Wildman–Crippen LogP) is 2.84. The average molecular weight is 445 g/mol. The second-order valence-corrected chi connectivity index (χ2v) is 7.55. The molecule has 0 saturated heterocycles. The number of likely N-dealkylation sites (N-methyl/N-ethyl adjacent to an activating group) is 1. The fourth-order valence-electron chi connectivity index (χ4n) is 3.05. The molecule has 0 spiro atoms. The summed E-state index contributed by atoms with van der Waals surface area (Å²) in [4.78, 5) is 35.6.